The summed E-state index contributed by atoms with van der Waals surface area (Å²) in [7, 11) is 1.64. The molecule has 0 saturated carbocycles. The third kappa shape index (κ3) is 2.13. The molecule has 2 aromatic rings. The average molecular weight is 305 g/mol. The van der Waals surface area contributed by atoms with Crippen molar-refractivity contribution in [2.75, 3.05) is 5.32 Å². The molecular formula is C14H15N3O3S. The third-order valence-corrected chi connectivity index (χ3v) is 4.54. The maximum atomic E-state index is 12.4. The molecule has 3 rings (SSSR count). The highest BCUT2D eigenvalue weighted by Gasteiger charge is 2.30. The minimum absolute atomic E-state index is 0.140. The average Bonchev–Trinajstić information content (AvgIpc) is 3.06. The number of pyridine rings is 1. The van der Waals surface area contributed by atoms with Gasteiger partial charge in [-0.15, -0.1) is 0 Å². The summed E-state index contributed by atoms with van der Waals surface area (Å²) in [4.78, 5) is 24.7. The maximum Gasteiger partial charge on any atom is 0.267 e. The molecule has 0 spiro atoms. The van der Waals surface area contributed by atoms with Crippen LogP contribution in [-0.2, 0) is 13.5 Å². The Hall–Kier alpha value is -2.15. The summed E-state index contributed by atoms with van der Waals surface area (Å²) in [6, 6.07) is 0. The molecule has 1 aliphatic rings. The summed E-state index contributed by atoms with van der Waals surface area (Å²) >= 11 is 1.20. The first kappa shape index (κ1) is 13.8. The minimum atomic E-state index is -0.602. The van der Waals surface area contributed by atoms with E-state index >= 15 is 0 Å². The van der Waals surface area contributed by atoms with Gasteiger partial charge >= 0.3 is 0 Å². The lowest BCUT2D eigenvalue weighted by Crippen LogP contribution is -2.30. The van der Waals surface area contributed by atoms with E-state index < -0.39 is 11.5 Å². The Balaban J connectivity index is 2.11. The number of aromatic hydroxyl groups is 1. The standard InChI is InChI=1S/C14H15N3O3S/c1-7-3-4-9-10(7)12(18)11(14(20)17(9)2)13(19)16-8-5-15-21-6-8/h5-7,18H,3-4H2,1-2H3,(H,16,19)/t7-/m1/s1. The molecule has 0 unspecified atom stereocenters. The van der Waals surface area contributed by atoms with E-state index in [-0.39, 0.29) is 17.2 Å². The molecular weight excluding hydrogens is 290 g/mol. The van der Waals surface area contributed by atoms with Crippen LogP contribution in [0.1, 0.15) is 40.9 Å². The molecule has 1 aliphatic carbocycles. The molecule has 2 aromatic heterocycles. The SMILES string of the molecule is C[C@@H]1CCc2c1c(O)c(C(=O)Nc1cnsc1)c(=O)n2C. The number of hydrogen-bond acceptors (Lipinski definition) is 5. The Morgan fingerprint density at radius 3 is 3.00 bits per heavy atom. The van der Waals surface area contributed by atoms with Crippen molar-refractivity contribution in [2.45, 2.75) is 25.7 Å². The number of anilines is 1. The summed E-state index contributed by atoms with van der Waals surface area (Å²) in [5.74, 6) is -0.643. The number of carbonyl (C=O) groups is 1. The predicted molar refractivity (Wildman–Crippen MR) is 80.2 cm³/mol. The van der Waals surface area contributed by atoms with Gasteiger partial charge in [-0.3, -0.25) is 9.59 Å². The molecule has 7 heteroatoms. The van der Waals surface area contributed by atoms with E-state index in [2.05, 4.69) is 9.69 Å². The Morgan fingerprint density at radius 1 is 1.57 bits per heavy atom. The highest BCUT2D eigenvalue weighted by molar-refractivity contribution is 7.04. The Labute approximate surface area is 125 Å². The molecule has 21 heavy (non-hydrogen) atoms. The largest absolute Gasteiger partial charge is 0.507 e. The van der Waals surface area contributed by atoms with Gasteiger partial charge in [-0.2, -0.15) is 4.37 Å². The van der Waals surface area contributed by atoms with Gasteiger partial charge in [0.05, 0.1) is 11.9 Å². The molecule has 0 saturated heterocycles. The normalized spacial score (nSPS) is 16.8. The number of nitrogens with zero attached hydrogens (tertiary/aromatic N) is 2. The van der Waals surface area contributed by atoms with Crippen molar-refractivity contribution < 1.29 is 9.90 Å². The van der Waals surface area contributed by atoms with Crippen LogP contribution < -0.4 is 10.9 Å². The first-order valence-corrected chi connectivity index (χ1v) is 7.49. The summed E-state index contributed by atoms with van der Waals surface area (Å²) in [5.41, 5.74) is 1.38. The second kappa shape index (κ2) is 5.00. The minimum Gasteiger partial charge on any atom is -0.507 e. The van der Waals surface area contributed by atoms with Crippen molar-refractivity contribution in [1.82, 2.24) is 8.94 Å². The van der Waals surface area contributed by atoms with E-state index in [9.17, 15) is 14.7 Å². The van der Waals surface area contributed by atoms with Gasteiger partial charge in [0.2, 0.25) is 0 Å². The van der Waals surface area contributed by atoms with Crippen LogP contribution in [-0.4, -0.2) is 20.0 Å². The number of amides is 1. The first-order valence-electron chi connectivity index (χ1n) is 6.66. The van der Waals surface area contributed by atoms with Gasteiger partial charge in [0, 0.05) is 23.7 Å². The zero-order valence-corrected chi connectivity index (χ0v) is 12.5. The molecule has 2 heterocycles. The van der Waals surface area contributed by atoms with E-state index in [4.69, 9.17) is 0 Å². The van der Waals surface area contributed by atoms with Crippen molar-refractivity contribution in [3.63, 3.8) is 0 Å². The third-order valence-electron chi connectivity index (χ3n) is 3.95. The number of fused-ring (bicyclic) bond motifs is 1. The first-order chi connectivity index (χ1) is 10.0. The smallest absolute Gasteiger partial charge is 0.267 e. The number of carbonyl (C=O) groups excluding carboxylic acids is 1. The second-order valence-corrected chi connectivity index (χ2v) is 5.91. The molecule has 1 atom stereocenters. The van der Waals surface area contributed by atoms with E-state index in [1.165, 1.54) is 22.3 Å². The van der Waals surface area contributed by atoms with Crippen molar-refractivity contribution in [3.05, 3.63) is 38.8 Å². The van der Waals surface area contributed by atoms with Crippen LogP contribution in [0.15, 0.2) is 16.4 Å². The van der Waals surface area contributed by atoms with Gasteiger partial charge in [0.15, 0.2) is 0 Å². The molecule has 0 bridgehead atoms. The highest BCUT2D eigenvalue weighted by Crippen LogP contribution is 2.39. The van der Waals surface area contributed by atoms with Crippen molar-refractivity contribution >= 4 is 23.1 Å². The molecule has 110 valence electrons. The molecule has 1 amide bonds. The van der Waals surface area contributed by atoms with Crippen molar-refractivity contribution in [1.29, 1.82) is 0 Å². The maximum absolute atomic E-state index is 12.4. The van der Waals surface area contributed by atoms with E-state index in [1.54, 1.807) is 12.4 Å². The van der Waals surface area contributed by atoms with Gasteiger partial charge in [-0.1, -0.05) is 6.92 Å². The molecule has 6 nitrogen and oxygen atoms in total. The Bertz CT molecular complexity index is 765. The fraction of sp³-hybridized carbons (Fsp3) is 0.357. The molecule has 0 aromatic carbocycles. The molecule has 0 fully saturated rings. The summed E-state index contributed by atoms with van der Waals surface area (Å²) in [5, 5.41) is 14.6. The van der Waals surface area contributed by atoms with E-state index in [0.717, 1.165) is 18.5 Å². The van der Waals surface area contributed by atoms with Crippen LogP contribution in [0, 0.1) is 0 Å². The number of nitrogens with one attached hydrogen (secondary N) is 1. The molecule has 2 N–H and O–H groups in total. The van der Waals surface area contributed by atoms with Gasteiger partial charge < -0.3 is 15.0 Å². The van der Waals surface area contributed by atoms with Crippen LogP contribution in [0.5, 0.6) is 5.75 Å². The van der Waals surface area contributed by atoms with Gasteiger partial charge in [-0.05, 0) is 30.3 Å². The van der Waals surface area contributed by atoms with Crippen LogP contribution in [0.2, 0.25) is 0 Å². The van der Waals surface area contributed by atoms with Gasteiger partial charge in [0.1, 0.15) is 11.3 Å². The monoisotopic (exact) mass is 305 g/mol. The van der Waals surface area contributed by atoms with E-state index in [1.807, 2.05) is 6.92 Å². The van der Waals surface area contributed by atoms with Gasteiger partial charge in [-0.25, -0.2) is 0 Å². The molecule has 0 aliphatic heterocycles. The van der Waals surface area contributed by atoms with Crippen LogP contribution in [0.25, 0.3) is 0 Å². The topological polar surface area (TPSA) is 84.2 Å². The fourth-order valence-corrected chi connectivity index (χ4v) is 3.29. The fourth-order valence-electron chi connectivity index (χ4n) is 2.83. The van der Waals surface area contributed by atoms with Crippen LogP contribution in [0.4, 0.5) is 5.69 Å². The number of rotatable bonds is 2. The number of hydrogen-bond donors (Lipinski definition) is 2. The molecule has 0 radical (unpaired) electrons. The Morgan fingerprint density at radius 2 is 2.33 bits per heavy atom. The highest BCUT2D eigenvalue weighted by atomic mass is 32.1. The van der Waals surface area contributed by atoms with E-state index in [0.29, 0.717) is 11.3 Å². The number of aromatic nitrogens is 2. The summed E-state index contributed by atoms with van der Waals surface area (Å²) in [6.07, 6.45) is 3.11. The zero-order valence-electron chi connectivity index (χ0n) is 11.7. The predicted octanol–water partition coefficient (Wildman–Crippen LogP) is 1.85. The van der Waals surface area contributed by atoms with Crippen molar-refractivity contribution in [3.8, 4) is 5.75 Å². The lowest BCUT2D eigenvalue weighted by Gasteiger charge is -2.14. The summed E-state index contributed by atoms with van der Waals surface area (Å²) in [6.45, 7) is 1.99. The second-order valence-electron chi connectivity index (χ2n) is 5.26. The zero-order chi connectivity index (χ0) is 15.1. The quantitative estimate of drug-likeness (QED) is 0.887. The van der Waals surface area contributed by atoms with Crippen LogP contribution >= 0.6 is 11.5 Å². The van der Waals surface area contributed by atoms with Crippen molar-refractivity contribution in [2.24, 2.45) is 7.05 Å². The Kier molecular flexibility index (Phi) is 3.29. The van der Waals surface area contributed by atoms with Gasteiger partial charge in [0.25, 0.3) is 11.5 Å². The lowest BCUT2D eigenvalue weighted by atomic mass is 10.0. The lowest BCUT2D eigenvalue weighted by molar-refractivity contribution is 0.102. The van der Waals surface area contributed by atoms with Crippen LogP contribution in [0.3, 0.4) is 0 Å². The summed E-state index contributed by atoms with van der Waals surface area (Å²) < 4.78 is 5.35.